The molecule has 0 saturated carbocycles. The van der Waals surface area contributed by atoms with E-state index in [0.29, 0.717) is 5.70 Å². The summed E-state index contributed by atoms with van der Waals surface area (Å²) < 4.78 is 10.5. The molecule has 0 amide bonds. The predicted molar refractivity (Wildman–Crippen MR) is 52.5 cm³/mol. The van der Waals surface area contributed by atoms with Crippen LogP contribution >= 0.6 is 7.60 Å². The summed E-state index contributed by atoms with van der Waals surface area (Å²) in [5, 5.41) is 2.57. The van der Waals surface area contributed by atoms with Crippen LogP contribution in [-0.4, -0.2) is 22.8 Å². The molecule has 0 aliphatic carbocycles. The molecule has 0 aliphatic rings. The van der Waals surface area contributed by atoms with Crippen molar-refractivity contribution in [1.82, 2.24) is 5.32 Å². The van der Waals surface area contributed by atoms with E-state index < -0.39 is 7.60 Å². The van der Waals surface area contributed by atoms with Crippen LogP contribution in [0.1, 0.15) is 6.92 Å². The third-order valence-electron chi connectivity index (χ3n) is 1.16. The molecule has 0 fully saturated rings. The number of aliphatic imine (C=N–C) groups is 1. The smallest absolute Gasteiger partial charge is 0.344 e. The van der Waals surface area contributed by atoms with Crippen LogP contribution < -0.4 is 5.32 Å². The van der Waals surface area contributed by atoms with Gasteiger partial charge in [0.2, 0.25) is 0 Å². The minimum atomic E-state index is -4.00. The first-order valence-electron chi connectivity index (χ1n) is 3.56. The molecule has 0 heterocycles. The molecule has 0 aromatic heterocycles. The zero-order chi connectivity index (χ0) is 10.3. The van der Waals surface area contributed by atoms with Gasteiger partial charge in [-0.2, -0.15) is 0 Å². The van der Waals surface area contributed by atoms with Crippen LogP contribution in [0.3, 0.4) is 0 Å². The van der Waals surface area contributed by atoms with E-state index in [9.17, 15) is 4.57 Å². The van der Waals surface area contributed by atoms with Gasteiger partial charge in [0.15, 0.2) is 0 Å². The summed E-state index contributed by atoms with van der Waals surface area (Å²) in [6, 6.07) is 0. The molecule has 13 heavy (non-hydrogen) atoms. The average molecular weight is 204 g/mol. The fourth-order valence-electron chi connectivity index (χ4n) is 0.584. The third-order valence-corrected chi connectivity index (χ3v) is 1.73. The zero-order valence-corrected chi connectivity index (χ0v) is 8.24. The molecule has 5 nitrogen and oxygen atoms in total. The monoisotopic (exact) mass is 204 g/mol. The second-order valence-corrected chi connectivity index (χ2v) is 3.89. The highest BCUT2D eigenvalue weighted by Gasteiger charge is 2.11. The van der Waals surface area contributed by atoms with Crippen molar-refractivity contribution in [3.63, 3.8) is 0 Å². The van der Waals surface area contributed by atoms with Gasteiger partial charge in [-0.25, -0.2) is 0 Å². The summed E-state index contributed by atoms with van der Waals surface area (Å²) >= 11 is 0. The Morgan fingerprint density at radius 3 is 2.69 bits per heavy atom. The van der Waals surface area contributed by atoms with Crippen LogP contribution in [0.5, 0.6) is 0 Å². The molecule has 0 unspecified atom stereocenters. The van der Waals surface area contributed by atoms with Crippen molar-refractivity contribution in [2.75, 3.05) is 6.29 Å². The molecular formula is C7H13N2O3P. The number of hydrogen-bond acceptors (Lipinski definition) is 3. The maximum atomic E-state index is 10.5. The highest BCUT2D eigenvalue weighted by molar-refractivity contribution is 7.51. The summed E-state index contributed by atoms with van der Waals surface area (Å²) in [5.74, 6) is 0. The summed E-state index contributed by atoms with van der Waals surface area (Å²) in [6.07, 6.45) is 4.30. The minimum Gasteiger partial charge on any atom is -0.374 e. The second-order valence-electron chi connectivity index (χ2n) is 2.24. The predicted octanol–water partition coefficient (Wildman–Crippen LogP) is 0.829. The molecule has 0 radical (unpaired) electrons. The number of hydrogen-bond donors (Lipinski definition) is 3. The molecule has 0 aliphatic heterocycles. The van der Waals surface area contributed by atoms with Crippen LogP contribution in [-0.2, 0) is 4.57 Å². The van der Waals surface area contributed by atoms with Crippen molar-refractivity contribution < 1.29 is 14.4 Å². The number of rotatable bonds is 5. The fraction of sp³-hybridized carbons (Fsp3) is 0.286. The summed E-state index contributed by atoms with van der Waals surface area (Å²) in [7, 11) is -4.00. The zero-order valence-electron chi connectivity index (χ0n) is 7.34. The Kier molecular flexibility index (Phi) is 5.30. The quantitative estimate of drug-likeness (QED) is 0.352. The molecule has 0 aromatic carbocycles. The molecule has 6 heteroatoms. The van der Waals surface area contributed by atoms with Gasteiger partial charge in [-0.05, 0) is 19.7 Å². The van der Waals surface area contributed by atoms with Crippen LogP contribution in [0, 0.1) is 0 Å². The minimum absolute atomic E-state index is 0.381. The summed E-state index contributed by atoms with van der Waals surface area (Å²) in [4.78, 5) is 20.6. The molecule has 0 rings (SSSR count). The molecule has 3 N–H and O–H groups in total. The first kappa shape index (κ1) is 12.1. The van der Waals surface area contributed by atoms with E-state index in [1.807, 2.05) is 0 Å². The van der Waals surface area contributed by atoms with Gasteiger partial charge in [0.05, 0.1) is 0 Å². The van der Waals surface area contributed by atoms with E-state index in [-0.39, 0.29) is 6.29 Å². The van der Waals surface area contributed by atoms with Crippen LogP contribution in [0.25, 0.3) is 0 Å². The van der Waals surface area contributed by atoms with Crippen LogP contribution in [0.2, 0.25) is 0 Å². The molecule has 74 valence electrons. The molecule has 0 atom stereocenters. The Bertz CT molecular complexity index is 267. The van der Waals surface area contributed by atoms with Gasteiger partial charge >= 0.3 is 7.60 Å². The Labute approximate surface area is 77.0 Å². The lowest BCUT2D eigenvalue weighted by molar-refractivity contribution is 0.370. The van der Waals surface area contributed by atoms with Gasteiger partial charge in [-0.1, -0.05) is 6.08 Å². The van der Waals surface area contributed by atoms with Gasteiger partial charge in [0.1, 0.15) is 6.29 Å². The van der Waals surface area contributed by atoms with Crippen molar-refractivity contribution >= 4 is 14.3 Å². The van der Waals surface area contributed by atoms with Gasteiger partial charge in [0.25, 0.3) is 0 Å². The topological polar surface area (TPSA) is 81.9 Å². The van der Waals surface area contributed by atoms with Crippen molar-refractivity contribution in [3.05, 3.63) is 24.0 Å². The molecule has 0 spiro atoms. The molecular weight excluding hydrogens is 191 g/mol. The Morgan fingerprint density at radius 2 is 2.31 bits per heavy atom. The molecule has 0 saturated heterocycles. The van der Waals surface area contributed by atoms with Crippen molar-refractivity contribution in [2.24, 2.45) is 4.99 Å². The van der Waals surface area contributed by atoms with Crippen molar-refractivity contribution in [3.8, 4) is 0 Å². The van der Waals surface area contributed by atoms with E-state index in [1.54, 1.807) is 19.1 Å². The SMILES string of the molecule is C=N/C=C\C(=C/C)NCP(=O)(O)O. The van der Waals surface area contributed by atoms with E-state index >= 15 is 0 Å². The largest absolute Gasteiger partial charge is 0.374 e. The molecule has 0 bridgehead atoms. The third kappa shape index (κ3) is 7.46. The summed E-state index contributed by atoms with van der Waals surface area (Å²) in [5.41, 5.74) is 0.593. The highest BCUT2D eigenvalue weighted by Crippen LogP contribution is 2.32. The lowest BCUT2D eigenvalue weighted by Gasteiger charge is -2.07. The summed E-state index contributed by atoms with van der Waals surface area (Å²) in [6.45, 7) is 4.98. The first-order chi connectivity index (χ1) is 5.99. The Hall–Kier alpha value is -0.900. The van der Waals surface area contributed by atoms with Crippen molar-refractivity contribution in [2.45, 2.75) is 6.92 Å². The van der Waals surface area contributed by atoms with E-state index in [4.69, 9.17) is 9.79 Å². The average Bonchev–Trinajstić information content (AvgIpc) is 2.03. The maximum Gasteiger partial charge on any atom is 0.344 e. The fourth-order valence-corrected chi connectivity index (χ4v) is 0.973. The highest BCUT2D eigenvalue weighted by atomic mass is 31.2. The van der Waals surface area contributed by atoms with Crippen molar-refractivity contribution in [1.29, 1.82) is 0 Å². The standard InChI is InChI=1S/C7H13N2O3P/c1-3-7(4-5-8-2)9-6-13(10,11)12/h3-5,9H,2,6H2,1H3,(H2,10,11,12)/b5-4-,7-3+. The lowest BCUT2D eigenvalue weighted by Crippen LogP contribution is -2.13. The van der Waals surface area contributed by atoms with Gasteiger partial charge in [-0.15, -0.1) is 0 Å². The van der Waals surface area contributed by atoms with Crippen LogP contribution in [0.4, 0.5) is 0 Å². The van der Waals surface area contributed by atoms with E-state index in [1.165, 1.54) is 6.20 Å². The maximum absolute atomic E-state index is 10.5. The number of nitrogens with zero attached hydrogens (tertiary/aromatic N) is 1. The number of nitrogens with one attached hydrogen (secondary N) is 1. The van der Waals surface area contributed by atoms with Crippen LogP contribution in [0.15, 0.2) is 29.0 Å². The first-order valence-corrected chi connectivity index (χ1v) is 5.36. The van der Waals surface area contributed by atoms with E-state index in [2.05, 4.69) is 17.0 Å². The lowest BCUT2D eigenvalue weighted by atomic mass is 10.4. The van der Waals surface area contributed by atoms with E-state index in [0.717, 1.165) is 0 Å². The molecule has 0 aromatic rings. The van der Waals surface area contributed by atoms with Gasteiger partial charge in [-0.3, -0.25) is 9.56 Å². The second kappa shape index (κ2) is 5.70. The van der Waals surface area contributed by atoms with Gasteiger partial charge in [0, 0.05) is 11.9 Å². The van der Waals surface area contributed by atoms with Gasteiger partial charge < -0.3 is 15.1 Å². The number of allylic oxidation sites excluding steroid dienone is 2. The normalized spacial score (nSPS) is 13.3. The Balaban J connectivity index is 4.10. The Morgan fingerprint density at radius 1 is 1.69 bits per heavy atom.